The molecule has 72 valence electrons. The van der Waals surface area contributed by atoms with Crippen molar-refractivity contribution in [3.05, 3.63) is 18.3 Å². The minimum Gasteiger partial charge on any atom is -0.478 e. The smallest absolute Gasteiger partial charge is 0.213 e. The van der Waals surface area contributed by atoms with Gasteiger partial charge in [0.05, 0.1) is 18.5 Å². The number of aromatic nitrogens is 1. The Labute approximate surface area is 78.9 Å². The first-order valence-electron chi connectivity index (χ1n) is 4.53. The summed E-state index contributed by atoms with van der Waals surface area (Å²) in [4.78, 5) is 4.03. The predicted octanol–water partition coefficient (Wildman–Crippen LogP) is 2.09. The van der Waals surface area contributed by atoms with Crippen LogP contribution in [-0.4, -0.2) is 11.6 Å². The number of ether oxygens (including phenoxy) is 1. The van der Waals surface area contributed by atoms with Gasteiger partial charge in [0.2, 0.25) is 5.88 Å². The summed E-state index contributed by atoms with van der Waals surface area (Å²) in [5.41, 5.74) is 6.15. The fraction of sp³-hybridized carbons (Fsp3) is 0.500. The number of nitrogen functional groups attached to an aromatic ring is 1. The molecule has 0 unspecified atom stereocenters. The molecule has 0 fully saturated rings. The summed E-state index contributed by atoms with van der Waals surface area (Å²) in [6.07, 6.45) is 2.65. The van der Waals surface area contributed by atoms with Crippen molar-refractivity contribution in [2.45, 2.75) is 20.3 Å². The molecule has 0 aliphatic carbocycles. The fourth-order valence-electron chi connectivity index (χ4n) is 0.876. The molecule has 0 amide bonds. The van der Waals surface area contributed by atoms with E-state index in [0.717, 1.165) is 6.42 Å². The van der Waals surface area contributed by atoms with Crippen molar-refractivity contribution in [2.75, 3.05) is 12.3 Å². The summed E-state index contributed by atoms with van der Waals surface area (Å²) < 4.78 is 5.41. The maximum atomic E-state index is 5.49. The minimum atomic E-state index is 0.648. The SMILES string of the molecule is CC(C)CCOc1ccc(N)cn1. The first-order valence-corrected chi connectivity index (χ1v) is 4.53. The number of rotatable bonds is 4. The fourth-order valence-corrected chi connectivity index (χ4v) is 0.876. The molecule has 0 spiro atoms. The Morgan fingerprint density at radius 2 is 2.23 bits per heavy atom. The predicted molar refractivity (Wildman–Crippen MR) is 53.6 cm³/mol. The van der Waals surface area contributed by atoms with Gasteiger partial charge in [0.15, 0.2) is 0 Å². The van der Waals surface area contributed by atoms with Gasteiger partial charge < -0.3 is 10.5 Å². The van der Waals surface area contributed by atoms with Gasteiger partial charge in [0.25, 0.3) is 0 Å². The zero-order valence-electron chi connectivity index (χ0n) is 8.16. The second-order valence-corrected chi connectivity index (χ2v) is 3.46. The van der Waals surface area contributed by atoms with Gasteiger partial charge in [-0.2, -0.15) is 0 Å². The van der Waals surface area contributed by atoms with Crippen molar-refractivity contribution in [1.82, 2.24) is 4.98 Å². The van der Waals surface area contributed by atoms with Crippen molar-refractivity contribution in [2.24, 2.45) is 5.92 Å². The van der Waals surface area contributed by atoms with E-state index in [9.17, 15) is 0 Å². The van der Waals surface area contributed by atoms with Gasteiger partial charge in [-0.05, 0) is 18.4 Å². The first kappa shape index (κ1) is 9.84. The molecule has 0 bridgehead atoms. The maximum Gasteiger partial charge on any atom is 0.213 e. The number of hydrogen-bond acceptors (Lipinski definition) is 3. The van der Waals surface area contributed by atoms with Gasteiger partial charge in [0, 0.05) is 6.07 Å². The zero-order chi connectivity index (χ0) is 9.68. The van der Waals surface area contributed by atoms with Crippen LogP contribution in [0, 0.1) is 5.92 Å². The highest BCUT2D eigenvalue weighted by atomic mass is 16.5. The molecule has 1 aromatic rings. The number of nitrogens with two attached hydrogens (primary N) is 1. The van der Waals surface area contributed by atoms with Crippen LogP contribution in [0.4, 0.5) is 5.69 Å². The third-order valence-electron chi connectivity index (χ3n) is 1.70. The summed E-state index contributed by atoms with van der Waals surface area (Å²) in [6.45, 7) is 5.05. The molecule has 1 aromatic heterocycles. The number of nitrogens with zero attached hydrogens (tertiary/aromatic N) is 1. The van der Waals surface area contributed by atoms with Crippen molar-refractivity contribution < 1.29 is 4.74 Å². The van der Waals surface area contributed by atoms with Crippen LogP contribution in [0.25, 0.3) is 0 Å². The molecule has 0 aromatic carbocycles. The highest BCUT2D eigenvalue weighted by Crippen LogP contribution is 2.09. The summed E-state index contributed by atoms with van der Waals surface area (Å²) >= 11 is 0. The average molecular weight is 180 g/mol. The molecule has 0 atom stereocenters. The Morgan fingerprint density at radius 3 is 2.77 bits per heavy atom. The molecule has 3 nitrogen and oxygen atoms in total. The van der Waals surface area contributed by atoms with E-state index in [0.29, 0.717) is 24.1 Å². The molecule has 0 saturated carbocycles. The van der Waals surface area contributed by atoms with E-state index in [1.54, 1.807) is 18.3 Å². The highest BCUT2D eigenvalue weighted by Gasteiger charge is 1.96. The third-order valence-corrected chi connectivity index (χ3v) is 1.70. The molecule has 1 heterocycles. The molecule has 13 heavy (non-hydrogen) atoms. The van der Waals surface area contributed by atoms with Crippen molar-refractivity contribution >= 4 is 5.69 Å². The largest absolute Gasteiger partial charge is 0.478 e. The van der Waals surface area contributed by atoms with Gasteiger partial charge in [-0.15, -0.1) is 0 Å². The normalized spacial score (nSPS) is 10.4. The van der Waals surface area contributed by atoms with E-state index in [-0.39, 0.29) is 0 Å². The molecule has 0 saturated heterocycles. The number of pyridine rings is 1. The van der Waals surface area contributed by atoms with E-state index >= 15 is 0 Å². The van der Waals surface area contributed by atoms with Crippen molar-refractivity contribution in [3.8, 4) is 5.88 Å². The Morgan fingerprint density at radius 1 is 1.46 bits per heavy atom. The topological polar surface area (TPSA) is 48.1 Å². The van der Waals surface area contributed by atoms with E-state index in [4.69, 9.17) is 10.5 Å². The maximum absolute atomic E-state index is 5.49. The van der Waals surface area contributed by atoms with Gasteiger partial charge >= 0.3 is 0 Å². The minimum absolute atomic E-state index is 0.648. The van der Waals surface area contributed by atoms with Crippen molar-refractivity contribution in [3.63, 3.8) is 0 Å². The van der Waals surface area contributed by atoms with E-state index < -0.39 is 0 Å². The average Bonchev–Trinajstić information content (AvgIpc) is 2.08. The monoisotopic (exact) mass is 180 g/mol. The summed E-state index contributed by atoms with van der Waals surface area (Å²) in [6, 6.07) is 3.58. The lowest BCUT2D eigenvalue weighted by molar-refractivity contribution is 0.279. The quantitative estimate of drug-likeness (QED) is 0.771. The van der Waals surface area contributed by atoms with Crippen LogP contribution in [0.2, 0.25) is 0 Å². The van der Waals surface area contributed by atoms with Crippen LogP contribution in [0.1, 0.15) is 20.3 Å². The lowest BCUT2D eigenvalue weighted by atomic mass is 10.1. The Balaban J connectivity index is 2.33. The molecule has 1 rings (SSSR count). The molecule has 3 heteroatoms. The lowest BCUT2D eigenvalue weighted by Crippen LogP contribution is -2.02. The number of anilines is 1. The zero-order valence-corrected chi connectivity index (χ0v) is 8.16. The molecular formula is C10H16N2O. The van der Waals surface area contributed by atoms with E-state index in [1.165, 1.54) is 0 Å². The van der Waals surface area contributed by atoms with Crippen LogP contribution < -0.4 is 10.5 Å². The molecular weight excluding hydrogens is 164 g/mol. The standard InChI is InChI=1S/C10H16N2O/c1-8(2)5-6-13-10-4-3-9(11)7-12-10/h3-4,7-8H,5-6,11H2,1-2H3. The summed E-state index contributed by atoms with van der Waals surface area (Å²) in [5.74, 6) is 1.31. The van der Waals surface area contributed by atoms with E-state index in [2.05, 4.69) is 18.8 Å². The molecule has 0 aliphatic heterocycles. The summed E-state index contributed by atoms with van der Waals surface area (Å²) in [7, 11) is 0. The molecule has 0 radical (unpaired) electrons. The Bertz CT molecular complexity index is 244. The lowest BCUT2D eigenvalue weighted by Gasteiger charge is -2.06. The van der Waals surface area contributed by atoms with E-state index in [1.807, 2.05) is 0 Å². The van der Waals surface area contributed by atoms with Gasteiger partial charge in [-0.1, -0.05) is 13.8 Å². The molecule has 2 N–H and O–H groups in total. The van der Waals surface area contributed by atoms with Gasteiger partial charge in [-0.25, -0.2) is 4.98 Å². The van der Waals surface area contributed by atoms with Crippen molar-refractivity contribution in [1.29, 1.82) is 0 Å². The van der Waals surface area contributed by atoms with Gasteiger partial charge in [-0.3, -0.25) is 0 Å². The second kappa shape index (κ2) is 4.70. The Kier molecular flexibility index (Phi) is 3.55. The second-order valence-electron chi connectivity index (χ2n) is 3.46. The summed E-state index contributed by atoms with van der Waals surface area (Å²) in [5, 5.41) is 0. The highest BCUT2D eigenvalue weighted by molar-refractivity contribution is 5.35. The van der Waals surface area contributed by atoms with Crippen LogP contribution in [0.5, 0.6) is 5.88 Å². The van der Waals surface area contributed by atoms with Gasteiger partial charge in [0.1, 0.15) is 0 Å². The van der Waals surface area contributed by atoms with Crippen LogP contribution >= 0.6 is 0 Å². The van der Waals surface area contributed by atoms with Crippen LogP contribution in [0.3, 0.4) is 0 Å². The molecule has 0 aliphatic rings. The van der Waals surface area contributed by atoms with Crippen LogP contribution in [-0.2, 0) is 0 Å². The first-order chi connectivity index (χ1) is 6.18. The Hall–Kier alpha value is -1.25. The third kappa shape index (κ3) is 3.78. The number of hydrogen-bond donors (Lipinski definition) is 1. The van der Waals surface area contributed by atoms with Crippen LogP contribution in [0.15, 0.2) is 18.3 Å².